The lowest BCUT2D eigenvalue weighted by atomic mass is 9.95. The third-order valence-corrected chi connectivity index (χ3v) is 7.71. The summed E-state index contributed by atoms with van der Waals surface area (Å²) in [5.41, 5.74) is 6.68. The Bertz CT molecular complexity index is 1110. The second-order valence-electron chi connectivity index (χ2n) is 9.89. The molecule has 4 heteroatoms. The van der Waals surface area contributed by atoms with Gasteiger partial charge in [0.1, 0.15) is 5.70 Å². The maximum atomic E-state index is 14.1. The van der Waals surface area contributed by atoms with Gasteiger partial charge in [-0.15, -0.1) is 0 Å². The average Bonchev–Trinajstić information content (AvgIpc) is 3.05. The number of para-hydroxylation sites is 1. The summed E-state index contributed by atoms with van der Waals surface area (Å²) in [5.74, 6) is -0.206. The Balaban J connectivity index is 1.63. The molecule has 3 aliphatic rings. The quantitative estimate of drug-likeness (QED) is 0.552. The summed E-state index contributed by atoms with van der Waals surface area (Å²) in [7, 11) is 0. The van der Waals surface area contributed by atoms with Crippen molar-refractivity contribution in [3.8, 4) is 0 Å². The summed E-state index contributed by atoms with van der Waals surface area (Å²) in [6.07, 6.45) is 9.64. The summed E-state index contributed by atoms with van der Waals surface area (Å²) in [5, 5.41) is 0. The first-order valence-corrected chi connectivity index (χ1v) is 12.6. The van der Waals surface area contributed by atoms with E-state index >= 15 is 0 Å². The SMILES string of the molecule is Cc1ccc(C2=C(N3CCCc4ccccc43)C(=O)N(C3CCCCCCC3)C2=O)cc1C. The van der Waals surface area contributed by atoms with Gasteiger partial charge in [0.25, 0.3) is 11.8 Å². The van der Waals surface area contributed by atoms with Crippen LogP contribution in [-0.4, -0.2) is 29.3 Å². The Kier molecular flexibility index (Phi) is 6.09. The molecule has 0 N–H and O–H groups in total. The number of hydrogen-bond donors (Lipinski definition) is 0. The summed E-state index contributed by atoms with van der Waals surface area (Å²) in [6, 6.07) is 14.5. The standard InChI is InChI=1S/C29H34N2O2/c1-20-16-17-23(19-21(20)2)26-27(30-18-10-12-22-11-8-9-15-25(22)30)29(33)31(28(26)32)24-13-6-4-3-5-7-14-24/h8-9,11,15-17,19,24H,3-7,10,12-14,18H2,1-2H3. The molecule has 2 heterocycles. The Morgan fingerprint density at radius 3 is 2.27 bits per heavy atom. The lowest BCUT2D eigenvalue weighted by molar-refractivity contribution is -0.140. The molecule has 2 aromatic carbocycles. The van der Waals surface area contributed by atoms with Crippen molar-refractivity contribution in [2.24, 2.45) is 0 Å². The van der Waals surface area contributed by atoms with E-state index in [4.69, 9.17) is 0 Å². The molecule has 33 heavy (non-hydrogen) atoms. The molecular formula is C29H34N2O2. The molecule has 172 valence electrons. The minimum atomic E-state index is -0.105. The molecule has 5 rings (SSSR count). The minimum Gasteiger partial charge on any atom is -0.336 e. The highest BCUT2D eigenvalue weighted by molar-refractivity contribution is 6.37. The van der Waals surface area contributed by atoms with Gasteiger partial charge in [-0.3, -0.25) is 14.5 Å². The first kappa shape index (κ1) is 21.9. The fourth-order valence-corrected chi connectivity index (χ4v) is 5.73. The molecule has 0 atom stereocenters. The molecule has 0 radical (unpaired) electrons. The minimum absolute atomic E-state index is 0.00406. The molecule has 0 spiro atoms. The maximum absolute atomic E-state index is 14.1. The Hall–Kier alpha value is -2.88. The smallest absolute Gasteiger partial charge is 0.278 e. The van der Waals surface area contributed by atoms with Crippen molar-refractivity contribution < 1.29 is 9.59 Å². The van der Waals surface area contributed by atoms with Crippen LogP contribution in [-0.2, 0) is 16.0 Å². The summed E-state index contributed by atoms with van der Waals surface area (Å²) >= 11 is 0. The number of amides is 2. The number of fused-ring (bicyclic) bond motifs is 1. The molecule has 1 saturated carbocycles. The monoisotopic (exact) mass is 442 g/mol. The highest BCUT2D eigenvalue weighted by Crippen LogP contribution is 2.40. The number of aryl methyl sites for hydroxylation is 3. The Morgan fingerprint density at radius 1 is 0.788 bits per heavy atom. The van der Waals surface area contributed by atoms with Gasteiger partial charge < -0.3 is 4.90 Å². The number of benzene rings is 2. The van der Waals surface area contributed by atoms with Crippen molar-refractivity contribution >= 4 is 23.1 Å². The van der Waals surface area contributed by atoms with E-state index in [2.05, 4.69) is 49.1 Å². The van der Waals surface area contributed by atoms with Gasteiger partial charge in [0.2, 0.25) is 0 Å². The zero-order chi connectivity index (χ0) is 22.9. The fraction of sp³-hybridized carbons (Fsp3) is 0.448. The summed E-state index contributed by atoms with van der Waals surface area (Å²) < 4.78 is 0. The highest BCUT2D eigenvalue weighted by atomic mass is 16.2. The van der Waals surface area contributed by atoms with E-state index in [1.54, 1.807) is 4.90 Å². The van der Waals surface area contributed by atoms with Crippen LogP contribution < -0.4 is 4.90 Å². The van der Waals surface area contributed by atoms with Gasteiger partial charge in [-0.05, 0) is 67.9 Å². The van der Waals surface area contributed by atoms with Crippen LogP contribution in [0, 0.1) is 13.8 Å². The van der Waals surface area contributed by atoms with E-state index in [-0.39, 0.29) is 17.9 Å². The number of imide groups is 1. The van der Waals surface area contributed by atoms with Crippen LogP contribution in [0.3, 0.4) is 0 Å². The maximum Gasteiger partial charge on any atom is 0.278 e. The lowest BCUT2D eigenvalue weighted by Gasteiger charge is -2.33. The number of anilines is 1. The van der Waals surface area contributed by atoms with Gasteiger partial charge in [0, 0.05) is 18.3 Å². The predicted octanol–water partition coefficient (Wildman–Crippen LogP) is 5.95. The van der Waals surface area contributed by atoms with Crippen LogP contribution in [0.15, 0.2) is 48.2 Å². The molecule has 1 aliphatic carbocycles. The second kappa shape index (κ2) is 9.17. The predicted molar refractivity (Wildman–Crippen MR) is 133 cm³/mol. The third kappa shape index (κ3) is 4.01. The van der Waals surface area contributed by atoms with Gasteiger partial charge in [0.15, 0.2) is 0 Å². The summed E-state index contributed by atoms with van der Waals surface area (Å²) in [4.78, 5) is 31.8. The number of carbonyl (C=O) groups excluding carboxylic acids is 2. The van der Waals surface area contributed by atoms with E-state index in [1.165, 1.54) is 30.4 Å². The summed E-state index contributed by atoms with van der Waals surface area (Å²) in [6.45, 7) is 4.92. The number of nitrogens with zero attached hydrogens (tertiary/aromatic N) is 2. The number of carbonyl (C=O) groups is 2. The zero-order valence-electron chi connectivity index (χ0n) is 19.9. The van der Waals surface area contributed by atoms with Crippen molar-refractivity contribution in [1.29, 1.82) is 0 Å². The van der Waals surface area contributed by atoms with Gasteiger partial charge in [0.05, 0.1) is 5.57 Å². The van der Waals surface area contributed by atoms with E-state index in [0.29, 0.717) is 11.3 Å². The number of rotatable bonds is 3. The van der Waals surface area contributed by atoms with Crippen molar-refractivity contribution in [3.63, 3.8) is 0 Å². The topological polar surface area (TPSA) is 40.6 Å². The van der Waals surface area contributed by atoms with E-state index in [9.17, 15) is 9.59 Å². The van der Waals surface area contributed by atoms with Crippen LogP contribution in [0.4, 0.5) is 5.69 Å². The highest BCUT2D eigenvalue weighted by Gasteiger charge is 2.45. The van der Waals surface area contributed by atoms with Gasteiger partial charge >= 0.3 is 0 Å². The van der Waals surface area contributed by atoms with E-state index < -0.39 is 0 Å². The third-order valence-electron chi connectivity index (χ3n) is 7.71. The molecule has 0 saturated heterocycles. The Morgan fingerprint density at radius 2 is 1.52 bits per heavy atom. The molecule has 0 aromatic heterocycles. The normalized spacial score (nSPS) is 20.2. The molecule has 0 bridgehead atoms. The van der Waals surface area contributed by atoms with Crippen LogP contribution >= 0.6 is 0 Å². The van der Waals surface area contributed by atoms with E-state index in [0.717, 1.165) is 61.9 Å². The zero-order valence-corrected chi connectivity index (χ0v) is 19.9. The molecule has 1 fully saturated rings. The molecular weight excluding hydrogens is 408 g/mol. The average molecular weight is 443 g/mol. The lowest BCUT2D eigenvalue weighted by Crippen LogP contribution is -2.43. The van der Waals surface area contributed by atoms with E-state index in [1.807, 2.05) is 12.1 Å². The van der Waals surface area contributed by atoms with Crippen molar-refractivity contribution in [2.45, 2.75) is 77.7 Å². The van der Waals surface area contributed by atoms with Gasteiger partial charge in [-0.1, -0.05) is 68.5 Å². The molecule has 4 nitrogen and oxygen atoms in total. The fourth-order valence-electron chi connectivity index (χ4n) is 5.73. The van der Waals surface area contributed by atoms with Gasteiger partial charge in [-0.2, -0.15) is 0 Å². The first-order valence-electron chi connectivity index (χ1n) is 12.6. The van der Waals surface area contributed by atoms with Crippen molar-refractivity contribution in [1.82, 2.24) is 4.90 Å². The molecule has 0 unspecified atom stereocenters. The van der Waals surface area contributed by atoms with Crippen molar-refractivity contribution in [2.75, 3.05) is 11.4 Å². The first-order chi connectivity index (χ1) is 16.1. The van der Waals surface area contributed by atoms with Crippen LogP contribution in [0.25, 0.3) is 5.57 Å². The molecule has 2 aromatic rings. The van der Waals surface area contributed by atoms with Crippen LogP contribution in [0.2, 0.25) is 0 Å². The van der Waals surface area contributed by atoms with Crippen molar-refractivity contribution in [3.05, 3.63) is 70.4 Å². The molecule has 2 aliphatic heterocycles. The van der Waals surface area contributed by atoms with Crippen LogP contribution in [0.1, 0.15) is 73.6 Å². The number of hydrogen-bond acceptors (Lipinski definition) is 3. The largest absolute Gasteiger partial charge is 0.336 e. The molecule has 2 amide bonds. The van der Waals surface area contributed by atoms with Crippen LogP contribution in [0.5, 0.6) is 0 Å². The Labute approximate surface area is 197 Å². The second-order valence-corrected chi connectivity index (χ2v) is 9.89. The van der Waals surface area contributed by atoms with Gasteiger partial charge in [-0.25, -0.2) is 0 Å².